The first kappa shape index (κ1) is 10.9. The fraction of sp³-hybridized carbons (Fsp3) is 0.500. The minimum atomic E-state index is 0.114. The van der Waals surface area contributed by atoms with Crippen LogP contribution in [-0.2, 0) is 0 Å². The number of phenols is 2. The normalized spacial score (nSPS) is 13.1. The van der Waals surface area contributed by atoms with E-state index in [1.165, 1.54) is 6.07 Å². The predicted molar refractivity (Wildman–Crippen MR) is 57.6 cm³/mol. The van der Waals surface area contributed by atoms with Gasteiger partial charge in [0, 0.05) is 6.07 Å². The van der Waals surface area contributed by atoms with Gasteiger partial charge in [-0.1, -0.05) is 26.8 Å². The average molecular weight is 194 g/mol. The minimum Gasteiger partial charge on any atom is -0.508 e. The maximum atomic E-state index is 9.61. The maximum absolute atomic E-state index is 9.61. The van der Waals surface area contributed by atoms with E-state index in [0.717, 1.165) is 12.0 Å². The first-order valence-corrected chi connectivity index (χ1v) is 5.02. The highest BCUT2D eigenvalue weighted by Crippen LogP contribution is 2.32. The van der Waals surface area contributed by atoms with Crippen LogP contribution < -0.4 is 0 Å². The van der Waals surface area contributed by atoms with Crippen LogP contribution in [0.2, 0.25) is 0 Å². The van der Waals surface area contributed by atoms with Crippen LogP contribution in [0.1, 0.15) is 38.7 Å². The van der Waals surface area contributed by atoms with Crippen LogP contribution in [0.5, 0.6) is 11.5 Å². The highest BCUT2D eigenvalue weighted by molar-refractivity contribution is 5.40. The molecule has 1 unspecified atom stereocenters. The van der Waals surface area contributed by atoms with Crippen LogP contribution in [0.4, 0.5) is 0 Å². The Labute approximate surface area is 85.2 Å². The Morgan fingerprint density at radius 2 is 1.79 bits per heavy atom. The van der Waals surface area contributed by atoms with E-state index in [1.807, 2.05) is 0 Å². The van der Waals surface area contributed by atoms with Crippen LogP contribution in [-0.4, -0.2) is 10.2 Å². The lowest BCUT2D eigenvalue weighted by molar-refractivity contribution is 0.435. The van der Waals surface area contributed by atoms with Crippen LogP contribution in [0.25, 0.3) is 0 Å². The highest BCUT2D eigenvalue weighted by atomic mass is 16.3. The first-order valence-electron chi connectivity index (χ1n) is 5.02. The molecule has 14 heavy (non-hydrogen) atoms. The molecule has 0 saturated carbocycles. The highest BCUT2D eigenvalue weighted by Gasteiger charge is 2.12. The second kappa shape index (κ2) is 4.36. The molecule has 1 aromatic carbocycles. The SMILES string of the molecule is CC(C)CC(C)c1ccc(O)cc1O. The van der Waals surface area contributed by atoms with E-state index in [-0.39, 0.29) is 11.5 Å². The molecule has 1 rings (SSSR count). The van der Waals surface area contributed by atoms with Crippen molar-refractivity contribution < 1.29 is 10.2 Å². The van der Waals surface area contributed by atoms with Gasteiger partial charge in [0.2, 0.25) is 0 Å². The molecule has 0 aliphatic rings. The average Bonchev–Trinajstić information content (AvgIpc) is 2.01. The summed E-state index contributed by atoms with van der Waals surface area (Å²) in [4.78, 5) is 0. The van der Waals surface area contributed by atoms with E-state index in [0.29, 0.717) is 11.8 Å². The van der Waals surface area contributed by atoms with Gasteiger partial charge in [-0.05, 0) is 29.9 Å². The van der Waals surface area contributed by atoms with Crippen LogP contribution in [0, 0.1) is 5.92 Å². The third-order valence-corrected chi connectivity index (χ3v) is 2.37. The molecule has 0 fully saturated rings. The summed E-state index contributed by atoms with van der Waals surface area (Å²) in [7, 11) is 0. The summed E-state index contributed by atoms with van der Waals surface area (Å²) >= 11 is 0. The number of aromatic hydroxyl groups is 2. The lowest BCUT2D eigenvalue weighted by Gasteiger charge is -2.15. The molecule has 2 N–H and O–H groups in total. The molecular formula is C12H18O2. The van der Waals surface area contributed by atoms with Gasteiger partial charge < -0.3 is 10.2 Å². The molecule has 0 heterocycles. The number of phenolic OH excluding ortho intramolecular Hbond substituents is 2. The Morgan fingerprint density at radius 1 is 1.14 bits per heavy atom. The molecule has 0 aliphatic carbocycles. The summed E-state index contributed by atoms with van der Waals surface area (Å²) in [5, 5.41) is 18.8. The molecule has 0 spiro atoms. The molecule has 1 atom stereocenters. The molecule has 0 saturated heterocycles. The number of hydrogen-bond donors (Lipinski definition) is 2. The van der Waals surface area contributed by atoms with Crippen molar-refractivity contribution in [2.45, 2.75) is 33.1 Å². The third kappa shape index (κ3) is 2.66. The van der Waals surface area contributed by atoms with Crippen LogP contribution >= 0.6 is 0 Å². The summed E-state index contributed by atoms with van der Waals surface area (Å²) in [5.74, 6) is 1.25. The second-order valence-electron chi connectivity index (χ2n) is 4.27. The summed E-state index contributed by atoms with van der Waals surface area (Å²) in [6, 6.07) is 4.80. The van der Waals surface area contributed by atoms with Gasteiger partial charge in [-0.3, -0.25) is 0 Å². The molecule has 0 aromatic heterocycles. The lowest BCUT2D eigenvalue weighted by Crippen LogP contribution is -1.98. The summed E-state index contributed by atoms with van der Waals surface area (Å²) in [6.45, 7) is 6.41. The van der Waals surface area contributed by atoms with Crippen molar-refractivity contribution in [2.75, 3.05) is 0 Å². The van der Waals surface area contributed by atoms with Gasteiger partial charge in [0.15, 0.2) is 0 Å². The molecule has 1 aromatic rings. The molecule has 2 nitrogen and oxygen atoms in total. The predicted octanol–water partition coefficient (Wildman–Crippen LogP) is 3.25. The Morgan fingerprint density at radius 3 is 2.29 bits per heavy atom. The van der Waals surface area contributed by atoms with Gasteiger partial charge in [-0.25, -0.2) is 0 Å². The zero-order valence-electron chi connectivity index (χ0n) is 8.99. The molecule has 0 bridgehead atoms. The Balaban J connectivity index is 2.84. The van der Waals surface area contributed by atoms with Gasteiger partial charge in [0.25, 0.3) is 0 Å². The summed E-state index contributed by atoms with van der Waals surface area (Å²) in [5.41, 5.74) is 0.913. The van der Waals surface area contributed by atoms with E-state index < -0.39 is 0 Å². The quantitative estimate of drug-likeness (QED) is 0.775. The zero-order chi connectivity index (χ0) is 10.7. The van der Waals surface area contributed by atoms with Gasteiger partial charge in [-0.2, -0.15) is 0 Å². The van der Waals surface area contributed by atoms with Crippen molar-refractivity contribution in [1.29, 1.82) is 0 Å². The molecule has 0 aliphatic heterocycles. The number of rotatable bonds is 3. The van der Waals surface area contributed by atoms with E-state index in [1.54, 1.807) is 12.1 Å². The van der Waals surface area contributed by atoms with E-state index >= 15 is 0 Å². The zero-order valence-corrected chi connectivity index (χ0v) is 8.99. The van der Waals surface area contributed by atoms with Crippen molar-refractivity contribution in [2.24, 2.45) is 5.92 Å². The largest absolute Gasteiger partial charge is 0.508 e. The van der Waals surface area contributed by atoms with Crippen molar-refractivity contribution in [3.05, 3.63) is 23.8 Å². The smallest absolute Gasteiger partial charge is 0.122 e. The monoisotopic (exact) mass is 194 g/mol. The second-order valence-corrected chi connectivity index (χ2v) is 4.27. The van der Waals surface area contributed by atoms with Crippen molar-refractivity contribution in [3.8, 4) is 11.5 Å². The molecule has 78 valence electrons. The minimum absolute atomic E-state index is 0.114. The molecule has 0 radical (unpaired) electrons. The number of benzene rings is 1. The molecule has 2 heteroatoms. The van der Waals surface area contributed by atoms with E-state index in [9.17, 15) is 5.11 Å². The van der Waals surface area contributed by atoms with Crippen LogP contribution in [0.15, 0.2) is 18.2 Å². The fourth-order valence-corrected chi connectivity index (χ4v) is 1.78. The van der Waals surface area contributed by atoms with Gasteiger partial charge >= 0.3 is 0 Å². The Bertz CT molecular complexity index is 305. The number of hydrogen-bond acceptors (Lipinski definition) is 2. The maximum Gasteiger partial charge on any atom is 0.122 e. The van der Waals surface area contributed by atoms with Crippen molar-refractivity contribution in [1.82, 2.24) is 0 Å². The van der Waals surface area contributed by atoms with Crippen LogP contribution in [0.3, 0.4) is 0 Å². The van der Waals surface area contributed by atoms with E-state index in [4.69, 9.17) is 5.11 Å². The Kier molecular flexibility index (Phi) is 3.39. The van der Waals surface area contributed by atoms with Gasteiger partial charge in [0.05, 0.1) is 0 Å². The van der Waals surface area contributed by atoms with Gasteiger partial charge in [-0.15, -0.1) is 0 Å². The lowest BCUT2D eigenvalue weighted by atomic mass is 9.91. The Hall–Kier alpha value is -1.18. The summed E-state index contributed by atoms with van der Waals surface area (Å²) in [6.07, 6.45) is 1.04. The van der Waals surface area contributed by atoms with Crippen molar-refractivity contribution in [3.63, 3.8) is 0 Å². The molecule has 0 amide bonds. The standard InChI is InChI=1S/C12H18O2/c1-8(2)6-9(3)11-5-4-10(13)7-12(11)14/h4-5,7-9,13-14H,6H2,1-3H3. The van der Waals surface area contributed by atoms with Gasteiger partial charge in [0.1, 0.15) is 11.5 Å². The third-order valence-electron chi connectivity index (χ3n) is 2.37. The summed E-state index contributed by atoms with van der Waals surface area (Å²) < 4.78 is 0. The van der Waals surface area contributed by atoms with Crippen molar-refractivity contribution >= 4 is 0 Å². The molecular weight excluding hydrogens is 176 g/mol. The fourth-order valence-electron chi connectivity index (χ4n) is 1.78. The first-order chi connectivity index (χ1) is 6.50. The topological polar surface area (TPSA) is 40.5 Å². The van der Waals surface area contributed by atoms with E-state index in [2.05, 4.69) is 20.8 Å².